The second kappa shape index (κ2) is 12.8. The first-order chi connectivity index (χ1) is 20.9. The topological polar surface area (TPSA) is 112 Å². The van der Waals surface area contributed by atoms with Gasteiger partial charge in [0, 0.05) is 11.1 Å². The van der Waals surface area contributed by atoms with Crippen molar-refractivity contribution >= 4 is 23.4 Å². The van der Waals surface area contributed by atoms with Gasteiger partial charge in [0.2, 0.25) is 0 Å². The van der Waals surface area contributed by atoms with Gasteiger partial charge in [-0.15, -0.1) is 0 Å². The van der Waals surface area contributed by atoms with Crippen LogP contribution in [0.15, 0.2) is 87.8 Å². The van der Waals surface area contributed by atoms with Crippen LogP contribution in [0, 0.1) is 11.3 Å². The molecule has 5 rings (SSSR count). The minimum atomic E-state index is -0.782. The van der Waals surface area contributed by atoms with Crippen molar-refractivity contribution in [2.75, 3.05) is 20.8 Å². The lowest BCUT2D eigenvalue weighted by Gasteiger charge is -2.25. The fourth-order valence-corrected chi connectivity index (χ4v) is 5.98. The number of hydrogen-bond donors (Lipinski definition) is 0. The average molecular weight is 596 g/mol. The predicted octanol–water partition coefficient (Wildman–Crippen LogP) is 4.27. The number of esters is 1. The van der Waals surface area contributed by atoms with E-state index in [9.17, 15) is 14.9 Å². The summed E-state index contributed by atoms with van der Waals surface area (Å²) in [7, 11) is 3.09. The Balaban J connectivity index is 1.56. The number of methoxy groups -OCH3 is 2. The standard InChI is InChI=1S/C33H29N3O6S/c1-5-41-32(38)29-20(2)35-33-36(30(29)24-12-8-9-13-25(24)39-3)31(37)28(43-33)17-21-14-15-26(27(16-21)40-4)42-19-23-11-7-6-10-22(23)18-34/h6-17,30H,5,19H2,1-4H3. The zero-order valence-electron chi connectivity index (χ0n) is 24.1. The van der Waals surface area contributed by atoms with Crippen molar-refractivity contribution in [1.82, 2.24) is 4.57 Å². The van der Waals surface area contributed by atoms with Gasteiger partial charge in [-0.05, 0) is 49.8 Å². The Kier molecular flexibility index (Phi) is 8.74. The number of benzene rings is 3. The first-order valence-electron chi connectivity index (χ1n) is 13.5. The Hall–Kier alpha value is -5.14. The van der Waals surface area contributed by atoms with E-state index in [1.165, 1.54) is 23.0 Å². The number of carbonyl (C=O) groups excluding carboxylic acids is 1. The molecule has 4 aromatic rings. The van der Waals surface area contributed by atoms with Crippen LogP contribution >= 0.6 is 11.3 Å². The second-order valence-corrected chi connectivity index (χ2v) is 10.5. The number of nitrogens with zero attached hydrogens (tertiary/aromatic N) is 3. The monoisotopic (exact) mass is 595 g/mol. The highest BCUT2D eigenvalue weighted by atomic mass is 32.1. The number of rotatable bonds is 9. The largest absolute Gasteiger partial charge is 0.496 e. The van der Waals surface area contributed by atoms with Gasteiger partial charge in [-0.2, -0.15) is 5.26 Å². The van der Waals surface area contributed by atoms with Crippen molar-refractivity contribution in [3.63, 3.8) is 0 Å². The third-order valence-corrected chi connectivity index (χ3v) is 7.94. The van der Waals surface area contributed by atoms with E-state index in [1.807, 2.05) is 36.4 Å². The highest BCUT2D eigenvalue weighted by molar-refractivity contribution is 7.07. The Morgan fingerprint density at radius 2 is 1.79 bits per heavy atom. The highest BCUT2D eigenvalue weighted by Crippen LogP contribution is 2.35. The number of allylic oxidation sites excluding steroid dienone is 1. The molecule has 9 nitrogen and oxygen atoms in total. The maximum absolute atomic E-state index is 14.0. The lowest BCUT2D eigenvalue weighted by atomic mass is 9.95. The van der Waals surface area contributed by atoms with Gasteiger partial charge in [0.25, 0.3) is 5.56 Å². The molecule has 0 bridgehead atoms. The summed E-state index contributed by atoms with van der Waals surface area (Å²) in [6.07, 6.45) is 1.75. The van der Waals surface area contributed by atoms with Gasteiger partial charge < -0.3 is 18.9 Å². The lowest BCUT2D eigenvalue weighted by molar-refractivity contribution is -0.139. The fourth-order valence-electron chi connectivity index (χ4n) is 4.93. The molecule has 3 aromatic carbocycles. The molecule has 218 valence electrons. The number of ether oxygens (including phenoxy) is 4. The van der Waals surface area contributed by atoms with Gasteiger partial charge in [0.15, 0.2) is 16.3 Å². The molecule has 0 aliphatic carbocycles. The summed E-state index contributed by atoms with van der Waals surface area (Å²) in [5, 5.41) is 9.36. The SMILES string of the molecule is CCOC(=O)C1=C(C)N=c2sc(=Cc3ccc(OCc4ccccc4C#N)c(OC)c3)c(=O)n2C1c1ccccc1OC. The van der Waals surface area contributed by atoms with E-state index in [0.717, 1.165) is 5.56 Å². The Morgan fingerprint density at radius 3 is 2.53 bits per heavy atom. The van der Waals surface area contributed by atoms with E-state index in [1.54, 1.807) is 57.4 Å². The van der Waals surface area contributed by atoms with Crippen molar-refractivity contribution in [3.05, 3.63) is 120 Å². The van der Waals surface area contributed by atoms with E-state index in [4.69, 9.17) is 18.9 Å². The molecule has 10 heteroatoms. The summed E-state index contributed by atoms with van der Waals surface area (Å²) in [6.45, 7) is 3.86. The van der Waals surface area contributed by atoms with E-state index >= 15 is 0 Å². The van der Waals surface area contributed by atoms with Crippen LogP contribution in [0.5, 0.6) is 17.2 Å². The summed E-state index contributed by atoms with van der Waals surface area (Å²) in [5.74, 6) is 0.978. The van der Waals surface area contributed by atoms with E-state index in [2.05, 4.69) is 11.1 Å². The van der Waals surface area contributed by atoms with E-state index in [0.29, 0.717) is 49.0 Å². The van der Waals surface area contributed by atoms with Gasteiger partial charge in [-0.1, -0.05) is 53.8 Å². The number of aromatic nitrogens is 1. The zero-order chi connectivity index (χ0) is 30.5. The summed E-state index contributed by atoms with van der Waals surface area (Å²) < 4.78 is 24.5. The summed E-state index contributed by atoms with van der Waals surface area (Å²) in [6, 6.07) is 21.3. The molecule has 43 heavy (non-hydrogen) atoms. The fraction of sp³-hybridized carbons (Fsp3) is 0.212. The lowest BCUT2D eigenvalue weighted by Crippen LogP contribution is -2.40. The number of thiazole rings is 1. The van der Waals surface area contributed by atoms with Crippen LogP contribution in [-0.4, -0.2) is 31.4 Å². The summed E-state index contributed by atoms with van der Waals surface area (Å²) in [4.78, 5) is 32.2. The average Bonchev–Trinajstić information content (AvgIpc) is 3.33. The number of fused-ring (bicyclic) bond motifs is 1. The third-order valence-electron chi connectivity index (χ3n) is 6.96. The van der Waals surface area contributed by atoms with E-state index < -0.39 is 12.0 Å². The minimum absolute atomic E-state index is 0.186. The molecule has 0 amide bonds. The van der Waals surface area contributed by atoms with Crippen LogP contribution in [0.1, 0.15) is 42.1 Å². The molecule has 1 aliphatic rings. The Labute approximate surface area is 252 Å². The molecule has 0 fully saturated rings. The first-order valence-corrected chi connectivity index (χ1v) is 14.3. The Morgan fingerprint density at radius 1 is 1.05 bits per heavy atom. The molecular weight excluding hydrogens is 566 g/mol. The summed E-state index contributed by atoms with van der Waals surface area (Å²) in [5.41, 5.74) is 3.12. The summed E-state index contributed by atoms with van der Waals surface area (Å²) >= 11 is 1.23. The molecular formula is C33H29N3O6S. The molecule has 2 heterocycles. The molecule has 1 aromatic heterocycles. The molecule has 0 radical (unpaired) electrons. The molecule has 0 saturated carbocycles. The molecule has 0 saturated heterocycles. The number of para-hydroxylation sites is 1. The van der Waals surface area contributed by atoms with Gasteiger partial charge in [-0.3, -0.25) is 9.36 Å². The minimum Gasteiger partial charge on any atom is -0.496 e. The number of hydrogen-bond acceptors (Lipinski definition) is 9. The quantitative estimate of drug-likeness (QED) is 0.266. The zero-order valence-corrected chi connectivity index (χ0v) is 24.9. The molecule has 0 N–H and O–H groups in total. The maximum Gasteiger partial charge on any atom is 0.338 e. The first kappa shape index (κ1) is 29.4. The Bertz CT molecular complexity index is 1950. The van der Waals surface area contributed by atoms with Gasteiger partial charge in [0.1, 0.15) is 18.4 Å². The molecule has 1 atom stereocenters. The van der Waals surface area contributed by atoms with Crippen LogP contribution in [0.2, 0.25) is 0 Å². The van der Waals surface area contributed by atoms with Crippen molar-refractivity contribution in [2.24, 2.45) is 4.99 Å². The molecule has 1 aliphatic heterocycles. The van der Waals surface area contributed by atoms with Crippen molar-refractivity contribution in [1.29, 1.82) is 5.26 Å². The smallest absolute Gasteiger partial charge is 0.338 e. The van der Waals surface area contributed by atoms with Crippen LogP contribution in [0.25, 0.3) is 6.08 Å². The maximum atomic E-state index is 14.0. The van der Waals surface area contributed by atoms with Gasteiger partial charge >= 0.3 is 5.97 Å². The molecule has 1 unspecified atom stereocenters. The van der Waals surface area contributed by atoms with Crippen LogP contribution in [-0.2, 0) is 16.1 Å². The van der Waals surface area contributed by atoms with Crippen molar-refractivity contribution in [2.45, 2.75) is 26.5 Å². The van der Waals surface area contributed by atoms with E-state index in [-0.39, 0.29) is 24.3 Å². The van der Waals surface area contributed by atoms with Gasteiger partial charge in [0.05, 0.1) is 48.3 Å². The highest BCUT2D eigenvalue weighted by Gasteiger charge is 2.35. The number of nitriles is 1. The van der Waals surface area contributed by atoms with Crippen LogP contribution in [0.3, 0.4) is 0 Å². The predicted molar refractivity (Wildman–Crippen MR) is 162 cm³/mol. The van der Waals surface area contributed by atoms with Crippen molar-refractivity contribution in [3.8, 4) is 23.3 Å². The van der Waals surface area contributed by atoms with Crippen LogP contribution < -0.4 is 29.1 Å². The van der Waals surface area contributed by atoms with Crippen molar-refractivity contribution < 1.29 is 23.7 Å². The second-order valence-electron chi connectivity index (χ2n) is 9.51. The normalized spacial score (nSPS) is 14.4. The number of carbonyl (C=O) groups is 1. The van der Waals surface area contributed by atoms with Crippen LogP contribution in [0.4, 0.5) is 0 Å². The van der Waals surface area contributed by atoms with Gasteiger partial charge in [-0.25, -0.2) is 9.79 Å². The molecule has 0 spiro atoms. The third kappa shape index (κ3) is 5.80.